The van der Waals surface area contributed by atoms with Crippen molar-refractivity contribution in [2.75, 3.05) is 20.2 Å². The smallest absolute Gasteiger partial charge is 0.407 e. The number of hydrogen-bond acceptors (Lipinski definition) is 6. The molecule has 1 saturated heterocycles. The van der Waals surface area contributed by atoms with Crippen molar-refractivity contribution in [3.63, 3.8) is 0 Å². The number of methoxy groups -OCH3 is 1. The van der Waals surface area contributed by atoms with E-state index in [0.29, 0.717) is 12.2 Å². The van der Waals surface area contributed by atoms with E-state index >= 15 is 0 Å². The molecule has 1 aromatic rings. The first-order valence-corrected chi connectivity index (χ1v) is 8.52. The van der Waals surface area contributed by atoms with Gasteiger partial charge >= 0.3 is 12.1 Å². The number of pyridine rings is 1. The lowest BCUT2D eigenvalue weighted by molar-refractivity contribution is 0.0469. The third kappa shape index (κ3) is 6.34. The number of likely N-dealkylation sites (tertiary alicyclic amines) is 1. The van der Waals surface area contributed by atoms with Crippen molar-refractivity contribution in [3.8, 4) is 0 Å². The fourth-order valence-corrected chi connectivity index (χ4v) is 2.84. The van der Waals surface area contributed by atoms with Gasteiger partial charge in [0, 0.05) is 25.3 Å². The Hall–Kier alpha value is -2.15. The van der Waals surface area contributed by atoms with Gasteiger partial charge in [0.15, 0.2) is 0 Å². The molecular formula is C18H27N3O4. The lowest BCUT2D eigenvalue weighted by Crippen LogP contribution is -2.48. The zero-order valence-corrected chi connectivity index (χ0v) is 15.4. The van der Waals surface area contributed by atoms with Gasteiger partial charge in [-0.25, -0.2) is 14.6 Å². The number of esters is 1. The van der Waals surface area contributed by atoms with Gasteiger partial charge in [-0.05, 0) is 57.9 Å². The molecule has 1 N–H and O–H groups in total. The van der Waals surface area contributed by atoms with E-state index in [1.807, 2.05) is 26.8 Å². The number of aromatic nitrogens is 1. The molecule has 7 heteroatoms. The molecule has 0 aliphatic carbocycles. The highest BCUT2D eigenvalue weighted by molar-refractivity contribution is 5.87. The Morgan fingerprint density at radius 1 is 1.40 bits per heavy atom. The van der Waals surface area contributed by atoms with Crippen LogP contribution in [0.1, 0.15) is 49.7 Å². The number of hydrogen-bond donors (Lipinski definition) is 1. The Kier molecular flexibility index (Phi) is 6.36. The summed E-state index contributed by atoms with van der Waals surface area (Å²) in [7, 11) is 1.34. The number of amides is 1. The van der Waals surface area contributed by atoms with Crippen LogP contribution in [0.3, 0.4) is 0 Å². The number of alkyl carbamates (subject to hydrolysis) is 1. The second kappa shape index (κ2) is 8.29. The summed E-state index contributed by atoms with van der Waals surface area (Å²) in [5.41, 5.74) is 0.800. The van der Waals surface area contributed by atoms with Crippen molar-refractivity contribution in [2.45, 2.75) is 51.8 Å². The fourth-order valence-electron chi connectivity index (χ4n) is 2.84. The Morgan fingerprint density at radius 2 is 2.16 bits per heavy atom. The van der Waals surface area contributed by atoms with Crippen LogP contribution in [0.25, 0.3) is 0 Å². The van der Waals surface area contributed by atoms with Gasteiger partial charge in [-0.2, -0.15) is 0 Å². The molecule has 0 saturated carbocycles. The second-order valence-corrected chi connectivity index (χ2v) is 7.26. The average Bonchev–Trinajstić information content (AvgIpc) is 2.52. The zero-order chi connectivity index (χ0) is 18.4. The van der Waals surface area contributed by atoms with Crippen LogP contribution in [-0.4, -0.2) is 53.8 Å². The maximum atomic E-state index is 11.9. The van der Waals surface area contributed by atoms with Gasteiger partial charge in [-0.1, -0.05) is 0 Å². The monoisotopic (exact) mass is 349 g/mol. The number of nitrogens with zero attached hydrogens (tertiary/aromatic N) is 2. The first-order chi connectivity index (χ1) is 11.8. The highest BCUT2D eigenvalue weighted by atomic mass is 16.6. The highest BCUT2D eigenvalue weighted by Crippen LogP contribution is 2.15. The molecule has 1 aromatic heterocycles. The number of carbonyl (C=O) groups excluding carboxylic acids is 2. The van der Waals surface area contributed by atoms with E-state index in [-0.39, 0.29) is 12.1 Å². The Bertz CT molecular complexity index is 613. The SMILES string of the molecule is COC(=O)c1cc(CN2CCCC(NC(=O)OC(C)(C)C)C2)ccn1. The second-order valence-electron chi connectivity index (χ2n) is 7.26. The summed E-state index contributed by atoms with van der Waals surface area (Å²) in [6, 6.07) is 3.69. The van der Waals surface area contributed by atoms with Gasteiger partial charge in [0.1, 0.15) is 11.3 Å². The van der Waals surface area contributed by atoms with Gasteiger partial charge in [0.2, 0.25) is 0 Å². The van der Waals surface area contributed by atoms with Crippen molar-refractivity contribution >= 4 is 12.1 Å². The number of ether oxygens (including phenoxy) is 2. The number of carbonyl (C=O) groups is 2. The van der Waals surface area contributed by atoms with E-state index in [2.05, 4.69) is 15.2 Å². The fraction of sp³-hybridized carbons (Fsp3) is 0.611. The van der Waals surface area contributed by atoms with Crippen LogP contribution in [0.5, 0.6) is 0 Å². The average molecular weight is 349 g/mol. The molecule has 138 valence electrons. The summed E-state index contributed by atoms with van der Waals surface area (Å²) in [5.74, 6) is -0.440. The van der Waals surface area contributed by atoms with E-state index in [9.17, 15) is 9.59 Å². The molecule has 0 aromatic carbocycles. The lowest BCUT2D eigenvalue weighted by Gasteiger charge is -2.33. The molecule has 7 nitrogen and oxygen atoms in total. The molecule has 2 heterocycles. The predicted molar refractivity (Wildman–Crippen MR) is 93.2 cm³/mol. The Labute approximate surface area is 148 Å². The summed E-state index contributed by atoms with van der Waals surface area (Å²) >= 11 is 0. The van der Waals surface area contributed by atoms with Crippen LogP contribution < -0.4 is 5.32 Å². The minimum atomic E-state index is -0.500. The third-order valence-electron chi connectivity index (χ3n) is 3.85. The molecule has 0 bridgehead atoms. The maximum Gasteiger partial charge on any atom is 0.407 e. The third-order valence-corrected chi connectivity index (χ3v) is 3.85. The molecule has 2 rings (SSSR count). The first kappa shape index (κ1) is 19.2. The zero-order valence-electron chi connectivity index (χ0n) is 15.4. The summed E-state index contributed by atoms with van der Waals surface area (Å²) in [5, 5.41) is 2.94. The molecule has 1 aliphatic heterocycles. The quantitative estimate of drug-likeness (QED) is 0.841. The normalized spacial score (nSPS) is 18.5. The maximum absolute atomic E-state index is 11.9. The summed E-state index contributed by atoms with van der Waals surface area (Å²) in [6.07, 6.45) is 3.16. The summed E-state index contributed by atoms with van der Waals surface area (Å²) in [6.45, 7) is 7.93. The molecule has 0 spiro atoms. The van der Waals surface area contributed by atoms with Gasteiger partial charge in [0.25, 0.3) is 0 Å². The molecule has 1 atom stereocenters. The molecular weight excluding hydrogens is 322 g/mol. The molecule has 1 aliphatic rings. The van der Waals surface area contributed by atoms with E-state index in [1.54, 1.807) is 12.3 Å². The molecule has 25 heavy (non-hydrogen) atoms. The topological polar surface area (TPSA) is 80.8 Å². The van der Waals surface area contributed by atoms with E-state index in [4.69, 9.17) is 9.47 Å². The summed E-state index contributed by atoms with van der Waals surface area (Å²) in [4.78, 5) is 29.8. The number of nitrogens with one attached hydrogen (secondary N) is 1. The van der Waals surface area contributed by atoms with Crippen LogP contribution in [0.15, 0.2) is 18.3 Å². The molecule has 1 amide bonds. The van der Waals surface area contributed by atoms with E-state index < -0.39 is 11.6 Å². The molecule has 1 fully saturated rings. The van der Waals surface area contributed by atoms with E-state index in [0.717, 1.165) is 31.5 Å². The van der Waals surface area contributed by atoms with Gasteiger partial charge < -0.3 is 14.8 Å². The number of piperidine rings is 1. The van der Waals surface area contributed by atoms with Crippen LogP contribution >= 0.6 is 0 Å². The Balaban J connectivity index is 1.91. The largest absolute Gasteiger partial charge is 0.464 e. The molecule has 0 radical (unpaired) electrons. The van der Waals surface area contributed by atoms with Crippen molar-refractivity contribution < 1.29 is 19.1 Å². The van der Waals surface area contributed by atoms with Crippen LogP contribution in [0.4, 0.5) is 4.79 Å². The highest BCUT2D eigenvalue weighted by Gasteiger charge is 2.24. The lowest BCUT2D eigenvalue weighted by atomic mass is 10.0. The summed E-state index contributed by atoms with van der Waals surface area (Å²) < 4.78 is 10.0. The van der Waals surface area contributed by atoms with Gasteiger partial charge in [-0.3, -0.25) is 4.90 Å². The predicted octanol–water partition coefficient (Wildman–Crippen LogP) is 2.36. The molecule has 1 unspecified atom stereocenters. The van der Waals surface area contributed by atoms with E-state index in [1.165, 1.54) is 7.11 Å². The van der Waals surface area contributed by atoms with Gasteiger partial charge in [0.05, 0.1) is 7.11 Å². The van der Waals surface area contributed by atoms with Crippen LogP contribution in [0, 0.1) is 0 Å². The van der Waals surface area contributed by atoms with Gasteiger partial charge in [-0.15, -0.1) is 0 Å². The van der Waals surface area contributed by atoms with Crippen LogP contribution in [-0.2, 0) is 16.0 Å². The minimum Gasteiger partial charge on any atom is -0.464 e. The number of rotatable bonds is 4. The standard InChI is InChI=1S/C18H27N3O4/c1-18(2,3)25-17(23)20-14-6-5-9-21(12-14)11-13-7-8-19-15(10-13)16(22)24-4/h7-8,10,14H,5-6,9,11-12H2,1-4H3,(H,20,23). The van der Waals surface area contributed by atoms with Crippen LogP contribution in [0.2, 0.25) is 0 Å². The first-order valence-electron chi connectivity index (χ1n) is 8.52. The van der Waals surface area contributed by atoms with Crippen molar-refractivity contribution in [1.29, 1.82) is 0 Å². The van der Waals surface area contributed by atoms with Crippen molar-refractivity contribution in [2.24, 2.45) is 0 Å². The van der Waals surface area contributed by atoms with Crippen molar-refractivity contribution in [1.82, 2.24) is 15.2 Å². The minimum absolute atomic E-state index is 0.0607. The van der Waals surface area contributed by atoms with Crippen molar-refractivity contribution in [3.05, 3.63) is 29.6 Å². The Morgan fingerprint density at radius 3 is 2.84 bits per heavy atom.